The number of amides is 1. The molecule has 1 fully saturated rings. The minimum atomic E-state index is -0.577. The van der Waals surface area contributed by atoms with Gasteiger partial charge < -0.3 is 15.8 Å². The van der Waals surface area contributed by atoms with E-state index in [0.717, 1.165) is 25.9 Å². The average Bonchev–Trinajstić information content (AvgIpc) is 2.65. The lowest BCUT2D eigenvalue weighted by atomic mass is 9.92. The Bertz CT molecular complexity index is 628. The van der Waals surface area contributed by atoms with E-state index in [2.05, 4.69) is 24.1 Å². The maximum Gasteiger partial charge on any atom is 0.292 e. The molecule has 3 N–H and O–H groups in total. The average molecular weight is 364 g/mol. The molecule has 1 unspecified atom stereocenters. The summed E-state index contributed by atoms with van der Waals surface area (Å²) in [6, 6.07) is 4.36. The van der Waals surface area contributed by atoms with Gasteiger partial charge in [0, 0.05) is 37.3 Å². The Morgan fingerprint density at radius 2 is 2.00 bits per heavy atom. The lowest BCUT2D eigenvalue weighted by Crippen LogP contribution is -2.52. The smallest absolute Gasteiger partial charge is 0.292 e. The SMILES string of the molecule is CCC(CC)C(CNC(=O)c1ccc(N)c([N+](=O)[O-])c1)N1CCOCC1. The molecule has 1 amide bonds. The van der Waals surface area contributed by atoms with Crippen molar-refractivity contribution in [1.82, 2.24) is 10.2 Å². The first-order valence-corrected chi connectivity index (χ1v) is 9.11. The summed E-state index contributed by atoms with van der Waals surface area (Å²) in [4.78, 5) is 25.3. The molecule has 1 aliphatic rings. The number of carbonyl (C=O) groups is 1. The first kappa shape index (κ1) is 20.1. The van der Waals surface area contributed by atoms with E-state index in [0.29, 0.717) is 25.7 Å². The third-order valence-electron chi connectivity index (χ3n) is 5.07. The van der Waals surface area contributed by atoms with Crippen molar-refractivity contribution in [3.8, 4) is 0 Å². The minimum Gasteiger partial charge on any atom is -0.393 e. The second-order valence-corrected chi connectivity index (χ2v) is 6.53. The Hall–Kier alpha value is -2.19. The van der Waals surface area contributed by atoms with Crippen molar-refractivity contribution in [3.05, 3.63) is 33.9 Å². The topological polar surface area (TPSA) is 111 Å². The zero-order chi connectivity index (χ0) is 19.1. The van der Waals surface area contributed by atoms with E-state index in [4.69, 9.17) is 10.5 Å². The number of nitro benzene ring substituents is 1. The fraction of sp³-hybridized carbons (Fsp3) is 0.611. The molecule has 144 valence electrons. The predicted molar refractivity (Wildman–Crippen MR) is 100 cm³/mol. The van der Waals surface area contributed by atoms with Crippen LogP contribution in [0.2, 0.25) is 0 Å². The summed E-state index contributed by atoms with van der Waals surface area (Å²) in [6.45, 7) is 7.93. The van der Waals surface area contributed by atoms with Crippen LogP contribution in [0.1, 0.15) is 37.0 Å². The van der Waals surface area contributed by atoms with Crippen LogP contribution in [-0.2, 0) is 4.74 Å². The van der Waals surface area contributed by atoms with Gasteiger partial charge in [-0.25, -0.2) is 0 Å². The molecule has 1 aromatic rings. The normalized spacial score (nSPS) is 16.4. The molecule has 0 bridgehead atoms. The van der Waals surface area contributed by atoms with Crippen LogP contribution in [0.15, 0.2) is 18.2 Å². The molecule has 1 aliphatic heterocycles. The highest BCUT2D eigenvalue weighted by molar-refractivity contribution is 5.95. The maximum absolute atomic E-state index is 12.5. The number of rotatable bonds is 8. The number of nitro groups is 1. The molecule has 26 heavy (non-hydrogen) atoms. The minimum absolute atomic E-state index is 0.0507. The number of hydrogen-bond acceptors (Lipinski definition) is 6. The number of ether oxygens (including phenoxy) is 1. The van der Waals surface area contributed by atoms with Crippen LogP contribution in [0.5, 0.6) is 0 Å². The third kappa shape index (κ3) is 4.92. The molecule has 1 aromatic carbocycles. The van der Waals surface area contributed by atoms with E-state index in [-0.39, 0.29) is 28.9 Å². The second-order valence-electron chi connectivity index (χ2n) is 6.53. The van der Waals surface area contributed by atoms with Gasteiger partial charge in [0.2, 0.25) is 0 Å². The summed E-state index contributed by atoms with van der Waals surface area (Å²) in [6.07, 6.45) is 2.06. The predicted octanol–water partition coefficient (Wildman–Crippen LogP) is 2.04. The van der Waals surface area contributed by atoms with Gasteiger partial charge >= 0.3 is 0 Å². The molecule has 1 atom stereocenters. The Balaban J connectivity index is 2.08. The monoisotopic (exact) mass is 364 g/mol. The number of nitrogens with zero attached hydrogens (tertiary/aromatic N) is 2. The van der Waals surface area contributed by atoms with Gasteiger partial charge in [-0.3, -0.25) is 19.8 Å². The molecule has 8 heteroatoms. The van der Waals surface area contributed by atoms with Gasteiger partial charge in [0.25, 0.3) is 11.6 Å². The van der Waals surface area contributed by atoms with Gasteiger partial charge in [-0.2, -0.15) is 0 Å². The largest absolute Gasteiger partial charge is 0.393 e. The summed E-state index contributed by atoms with van der Waals surface area (Å²) in [5.41, 5.74) is 5.64. The van der Waals surface area contributed by atoms with Gasteiger partial charge in [-0.15, -0.1) is 0 Å². The number of nitrogens with two attached hydrogens (primary N) is 1. The van der Waals surface area contributed by atoms with Gasteiger partial charge in [-0.05, 0) is 18.1 Å². The van der Waals surface area contributed by atoms with Crippen molar-refractivity contribution in [3.63, 3.8) is 0 Å². The Kier molecular flexibility index (Phi) is 7.35. The molecule has 0 saturated carbocycles. The number of hydrogen-bond donors (Lipinski definition) is 2. The Morgan fingerprint density at radius 3 is 2.58 bits per heavy atom. The van der Waals surface area contributed by atoms with Gasteiger partial charge in [0.05, 0.1) is 18.1 Å². The third-order valence-corrected chi connectivity index (χ3v) is 5.07. The summed E-state index contributed by atoms with van der Waals surface area (Å²) in [7, 11) is 0. The fourth-order valence-electron chi connectivity index (χ4n) is 3.48. The highest BCUT2D eigenvalue weighted by atomic mass is 16.6. The molecular formula is C18H28N4O4. The molecule has 0 spiro atoms. The van der Waals surface area contributed by atoms with Crippen molar-refractivity contribution >= 4 is 17.3 Å². The van der Waals surface area contributed by atoms with E-state index < -0.39 is 4.92 Å². The number of morpholine rings is 1. The van der Waals surface area contributed by atoms with Gasteiger partial charge in [-0.1, -0.05) is 26.7 Å². The van der Waals surface area contributed by atoms with Crippen LogP contribution in [0.3, 0.4) is 0 Å². The van der Waals surface area contributed by atoms with E-state index in [1.807, 2.05) is 0 Å². The fourth-order valence-corrected chi connectivity index (χ4v) is 3.48. The summed E-state index contributed by atoms with van der Waals surface area (Å²) in [5, 5.41) is 14.0. The van der Waals surface area contributed by atoms with E-state index >= 15 is 0 Å². The van der Waals surface area contributed by atoms with Crippen molar-refractivity contribution < 1.29 is 14.5 Å². The summed E-state index contributed by atoms with van der Waals surface area (Å²) < 4.78 is 5.43. The van der Waals surface area contributed by atoms with Gasteiger partial charge in [0.1, 0.15) is 5.69 Å². The second kappa shape index (κ2) is 9.49. The first-order valence-electron chi connectivity index (χ1n) is 9.11. The number of carbonyl (C=O) groups excluding carboxylic acids is 1. The summed E-state index contributed by atoms with van der Waals surface area (Å²) in [5.74, 6) is 0.145. The molecule has 0 aliphatic carbocycles. The van der Waals surface area contributed by atoms with Crippen molar-refractivity contribution in [2.75, 3.05) is 38.6 Å². The maximum atomic E-state index is 12.5. The number of nitrogens with one attached hydrogen (secondary N) is 1. The van der Waals surface area contributed by atoms with Crippen LogP contribution in [0, 0.1) is 16.0 Å². The number of anilines is 1. The lowest BCUT2D eigenvalue weighted by molar-refractivity contribution is -0.383. The van der Waals surface area contributed by atoms with E-state index in [1.54, 1.807) is 0 Å². The molecule has 0 radical (unpaired) electrons. The molecule has 0 aromatic heterocycles. The van der Waals surface area contributed by atoms with Crippen LogP contribution in [0.25, 0.3) is 0 Å². The quantitative estimate of drug-likeness (QED) is 0.415. The number of nitrogen functional groups attached to an aromatic ring is 1. The molecular weight excluding hydrogens is 336 g/mol. The highest BCUT2D eigenvalue weighted by Gasteiger charge is 2.27. The zero-order valence-corrected chi connectivity index (χ0v) is 15.4. The molecule has 8 nitrogen and oxygen atoms in total. The first-order chi connectivity index (χ1) is 12.5. The summed E-state index contributed by atoms with van der Waals surface area (Å²) >= 11 is 0. The van der Waals surface area contributed by atoms with Gasteiger partial charge in [0.15, 0.2) is 0 Å². The van der Waals surface area contributed by atoms with Crippen molar-refractivity contribution in [2.24, 2.45) is 5.92 Å². The molecule has 2 rings (SSSR count). The Morgan fingerprint density at radius 1 is 1.35 bits per heavy atom. The standard InChI is InChI=1S/C18H28N4O4/c1-3-13(4-2)17(21-7-9-26-10-8-21)12-20-18(23)14-5-6-15(19)16(11-14)22(24)25/h5-6,11,13,17H,3-4,7-10,12,19H2,1-2H3,(H,20,23). The molecule has 1 saturated heterocycles. The van der Waals surface area contributed by atoms with Crippen LogP contribution in [-0.4, -0.2) is 54.6 Å². The Labute approximate surface area is 153 Å². The highest BCUT2D eigenvalue weighted by Crippen LogP contribution is 2.23. The van der Waals surface area contributed by atoms with Crippen LogP contribution >= 0.6 is 0 Å². The van der Waals surface area contributed by atoms with E-state index in [9.17, 15) is 14.9 Å². The van der Waals surface area contributed by atoms with Crippen LogP contribution < -0.4 is 11.1 Å². The molecule has 1 heterocycles. The van der Waals surface area contributed by atoms with Crippen LogP contribution in [0.4, 0.5) is 11.4 Å². The van der Waals surface area contributed by atoms with Crippen molar-refractivity contribution in [1.29, 1.82) is 0 Å². The zero-order valence-electron chi connectivity index (χ0n) is 15.4. The van der Waals surface area contributed by atoms with Crippen molar-refractivity contribution in [2.45, 2.75) is 32.7 Å². The lowest BCUT2D eigenvalue weighted by Gasteiger charge is -2.38. The van der Waals surface area contributed by atoms with E-state index in [1.165, 1.54) is 18.2 Å². The number of benzene rings is 1.